The summed E-state index contributed by atoms with van der Waals surface area (Å²) in [7, 11) is 0. The summed E-state index contributed by atoms with van der Waals surface area (Å²) in [6, 6.07) is 3.97. The van der Waals surface area contributed by atoms with Crippen molar-refractivity contribution in [3.8, 4) is 0 Å². The second kappa shape index (κ2) is 8.69. The van der Waals surface area contributed by atoms with Crippen LogP contribution in [0.5, 0.6) is 0 Å². The number of ether oxygens (including phenoxy) is 1. The number of thioether (sulfide) groups is 1. The van der Waals surface area contributed by atoms with Gasteiger partial charge in [0.2, 0.25) is 5.91 Å². The van der Waals surface area contributed by atoms with Gasteiger partial charge in [0.1, 0.15) is 0 Å². The highest BCUT2D eigenvalue weighted by Gasteiger charge is 2.35. The van der Waals surface area contributed by atoms with E-state index in [1.807, 2.05) is 12.1 Å². The first-order valence-corrected chi connectivity index (χ1v) is 9.47. The fourth-order valence-electron chi connectivity index (χ4n) is 3.05. The van der Waals surface area contributed by atoms with E-state index in [0.29, 0.717) is 11.7 Å². The number of nitrogens with one attached hydrogen (secondary N) is 1. The van der Waals surface area contributed by atoms with Crippen molar-refractivity contribution >= 4 is 17.7 Å². The second-order valence-electron chi connectivity index (χ2n) is 7.21. The van der Waals surface area contributed by atoms with E-state index in [0.717, 1.165) is 31.7 Å². The van der Waals surface area contributed by atoms with E-state index in [-0.39, 0.29) is 17.4 Å². The van der Waals surface area contributed by atoms with Crippen molar-refractivity contribution < 1.29 is 9.53 Å². The Kier molecular flexibility index (Phi) is 6.90. The molecule has 1 N–H and O–H groups in total. The summed E-state index contributed by atoms with van der Waals surface area (Å²) in [6.45, 7) is 8.19. The average Bonchev–Trinajstić information content (AvgIpc) is 2.53. The number of rotatable bonds is 6. The topological polar surface area (TPSA) is 51.2 Å². The molecular formula is C18H28N2O2S. The molecule has 1 aliphatic rings. The molecule has 0 aromatic carbocycles. The Balaban J connectivity index is 1.70. The quantitative estimate of drug-likeness (QED) is 0.866. The number of amides is 1. The molecule has 4 nitrogen and oxygen atoms in total. The lowest BCUT2D eigenvalue weighted by Gasteiger charge is -2.40. The minimum atomic E-state index is 0.113. The van der Waals surface area contributed by atoms with E-state index in [1.165, 1.54) is 5.56 Å². The number of aromatic nitrogens is 1. The van der Waals surface area contributed by atoms with Gasteiger partial charge in [-0.05, 0) is 36.0 Å². The normalized spacial score (nSPS) is 21.9. The summed E-state index contributed by atoms with van der Waals surface area (Å²) >= 11 is 1.64. The van der Waals surface area contributed by atoms with Crippen LogP contribution in [0.2, 0.25) is 0 Å². The Morgan fingerprint density at radius 2 is 2.13 bits per heavy atom. The van der Waals surface area contributed by atoms with Gasteiger partial charge in [0.05, 0.1) is 11.9 Å². The minimum Gasteiger partial charge on any atom is -0.377 e. The molecule has 0 aliphatic carbocycles. The summed E-state index contributed by atoms with van der Waals surface area (Å²) in [5.74, 6) is 1.86. The van der Waals surface area contributed by atoms with Crippen LogP contribution in [-0.4, -0.2) is 35.9 Å². The van der Waals surface area contributed by atoms with Crippen molar-refractivity contribution in [3.63, 3.8) is 0 Å². The first-order chi connectivity index (χ1) is 11.0. The minimum absolute atomic E-state index is 0.113. The number of hydrogen-bond donors (Lipinski definition) is 1. The molecule has 2 rings (SSSR count). The maximum absolute atomic E-state index is 12.0. The van der Waals surface area contributed by atoms with Gasteiger partial charge in [0.25, 0.3) is 0 Å². The lowest BCUT2D eigenvalue weighted by molar-refractivity contribution is -0.120. The zero-order valence-electron chi connectivity index (χ0n) is 14.4. The van der Waals surface area contributed by atoms with Crippen LogP contribution in [0.25, 0.3) is 0 Å². The average molecular weight is 337 g/mol. The van der Waals surface area contributed by atoms with E-state index < -0.39 is 0 Å². The Labute approximate surface area is 143 Å². The molecule has 2 heterocycles. The predicted molar refractivity (Wildman–Crippen MR) is 95.3 cm³/mol. The van der Waals surface area contributed by atoms with Gasteiger partial charge in [0.15, 0.2) is 0 Å². The van der Waals surface area contributed by atoms with Crippen molar-refractivity contribution in [1.82, 2.24) is 10.3 Å². The molecule has 128 valence electrons. The largest absolute Gasteiger partial charge is 0.377 e. The monoisotopic (exact) mass is 336 g/mol. The zero-order chi connectivity index (χ0) is 16.7. The SMILES string of the molecule is CC(C)(C)[C@H]1OCCC[C@H]1CNC(=O)CSCc1ccncc1. The highest BCUT2D eigenvalue weighted by molar-refractivity contribution is 7.99. The molecular weight excluding hydrogens is 308 g/mol. The molecule has 5 heteroatoms. The van der Waals surface area contributed by atoms with Crippen LogP contribution in [0.4, 0.5) is 0 Å². The maximum atomic E-state index is 12.0. The van der Waals surface area contributed by atoms with Crippen molar-refractivity contribution in [2.45, 2.75) is 45.5 Å². The Hall–Kier alpha value is -1.07. The van der Waals surface area contributed by atoms with E-state index in [2.05, 4.69) is 31.1 Å². The zero-order valence-corrected chi connectivity index (χ0v) is 15.2. The fraction of sp³-hybridized carbons (Fsp3) is 0.667. The van der Waals surface area contributed by atoms with Crippen LogP contribution in [-0.2, 0) is 15.3 Å². The van der Waals surface area contributed by atoms with Crippen LogP contribution in [0, 0.1) is 11.3 Å². The molecule has 1 aliphatic heterocycles. The molecule has 1 amide bonds. The molecule has 0 unspecified atom stereocenters. The smallest absolute Gasteiger partial charge is 0.230 e. The van der Waals surface area contributed by atoms with Crippen LogP contribution in [0.1, 0.15) is 39.2 Å². The molecule has 1 aromatic rings. The van der Waals surface area contributed by atoms with Crippen LogP contribution < -0.4 is 5.32 Å². The second-order valence-corrected chi connectivity index (χ2v) is 8.20. The van der Waals surface area contributed by atoms with E-state index in [1.54, 1.807) is 24.2 Å². The third-order valence-electron chi connectivity index (χ3n) is 4.11. The fourth-order valence-corrected chi connectivity index (χ4v) is 3.86. The van der Waals surface area contributed by atoms with Gasteiger partial charge >= 0.3 is 0 Å². The van der Waals surface area contributed by atoms with Gasteiger partial charge in [0, 0.05) is 37.2 Å². The summed E-state index contributed by atoms with van der Waals surface area (Å²) < 4.78 is 5.96. The van der Waals surface area contributed by atoms with Crippen LogP contribution in [0.15, 0.2) is 24.5 Å². The lowest BCUT2D eigenvalue weighted by Crippen LogP contribution is -2.45. The van der Waals surface area contributed by atoms with E-state index >= 15 is 0 Å². The van der Waals surface area contributed by atoms with Gasteiger partial charge in [-0.3, -0.25) is 9.78 Å². The van der Waals surface area contributed by atoms with E-state index in [4.69, 9.17) is 4.74 Å². The first kappa shape index (κ1) is 18.3. The maximum Gasteiger partial charge on any atom is 0.230 e. The third-order valence-corrected chi connectivity index (χ3v) is 5.11. The standard InChI is InChI=1S/C18H28N2O2S/c1-18(2,3)17-15(5-4-10-22-17)11-20-16(21)13-23-12-14-6-8-19-9-7-14/h6-9,15,17H,4-5,10-13H2,1-3H3,(H,20,21)/t15-,17-/m0/s1. The number of carbonyl (C=O) groups excluding carboxylic acids is 1. The van der Waals surface area contributed by atoms with Gasteiger partial charge in [-0.15, -0.1) is 11.8 Å². The Morgan fingerprint density at radius 3 is 2.83 bits per heavy atom. The summed E-state index contributed by atoms with van der Waals surface area (Å²) in [6.07, 6.45) is 6.01. The van der Waals surface area contributed by atoms with Gasteiger partial charge < -0.3 is 10.1 Å². The highest BCUT2D eigenvalue weighted by atomic mass is 32.2. The van der Waals surface area contributed by atoms with E-state index in [9.17, 15) is 4.79 Å². The molecule has 0 bridgehead atoms. The van der Waals surface area contributed by atoms with Crippen LogP contribution in [0.3, 0.4) is 0 Å². The van der Waals surface area contributed by atoms with Crippen LogP contribution >= 0.6 is 11.8 Å². The molecule has 1 aromatic heterocycles. The third kappa shape index (κ3) is 6.15. The van der Waals surface area contributed by atoms with Gasteiger partial charge in [-0.2, -0.15) is 0 Å². The first-order valence-electron chi connectivity index (χ1n) is 8.32. The van der Waals surface area contributed by atoms with Gasteiger partial charge in [-0.25, -0.2) is 0 Å². The number of hydrogen-bond acceptors (Lipinski definition) is 4. The number of carbonyl (C=O) groups is 1. The summed E-state index contributed by atoms with van der Waals surface area (Å²) in [5.41, 5.74) is 1.32. The van der Waals surface area contributed by atoms with Crippen molar-refractivity contribution in [2.24, 2.45) is 11.3 Å². The van der Waals surface area contributed by atoms with Crippen molar-refractivity contribution in [1.29, 1.82) is 0 Å². The Bertz CT molecular complexity index is 488. The number of pyridine rings is 1. The molecule has 1 fully saturated rings. The van der Waals surface area contributed by atoms with Crippen molar-refractivity contribution in [2.75, 3.05) is 18.9 Å². The summed E-state index contributed by atoms with van der Waals surface area (Å²) in [5, 5.41) is 3.09. The molecule has 2 atom stereocenters. The summed E-state index contributed by atoms with van der Waals surface area (Å²) in [4.78, 5) is 16.0. The number of nitrogens with zero attached hydrogens (tertiary/aromatic N) is 1. The molecule has 0 saturated carbocycles. The lowest BCUT2D eigenvalue weighted by atomic mass is 9.78. The predicted octanol–water partition coefficient (Wildman–Crippen LogP) is 3.27. The molecule has 23 heavy (non-hydrogen) atoms. The Morgan fingerprint density at radius 1 is 1.39 bits per heavy atom. The molecule has 1 saturated heterocycles. The molecule has 0 spiro atoms. The highest BCUT2D eigenvalue weighted by Crippen LogP contribution is 2.33. The van der Waals surface area contributed by atoms with Crippen molar-refractivity contribution in [3.05, 3.63) is 30.1 Å². The molecule has 0 radical (unpaired) electrons. The van der Waals surface area contributed by atoms with Gasteiger partial charge in [-0.1, -0.05) is 20.8 Å².